The van der Waals surface area contributed by atoms with Crippen molar-refractivity contribution in [1.82, 2.24) is 35.6 Å². The van der Waals surface area contributed by atoms with Crippen molar-refractivity contribution < 1.29 is 9.90 Å². The Hall–Kier alpha value is -2.32. The number of aromatic amines is 1. The lowest BCUT2D eigenvalue weighted by atomic mass is 9.84. The average Bonchev–Trinajstić information content (AvgIpc) is 2.94. The van der Waals surface area contributed by atoms with Crippen LogP contribution in [0.3, 0.4) is 0 Å². The maximum atomic E-state index is 11.4. The second-order valence-electron chi connectivity index (χ2n) is 5.84. The number of H-pyrrole nitrogens is 1. The van der Waals surface area contributed by atoms with Gasteiger partial charge in [0.2, 0.25) is 5.82 Å². The van der Waals surface area contributed by atoms with E-state index in [0.29, 0.717) is 17.9 Å². The number of aliphatic carboxylic acids is 1. The fourth-order valence-corrected chi connectivity index (χ4v) is 2.00. The molecule has 0 fully saturated rings. The van der Waals surface area contributed by atoms with E-state index in [1.807, 2.05) is 20.8 Å². The van der Waals surface area contributed by atoms with E-state index in [4.69, 9.17) is 0 Å². The third-order valence-electron chi connectivity index (χ3n) is 2.78. The lowest BCUT2D eigenvalue weighted by molar-refractivity contribution is -0.143. The minimum atomic E-state index is -0.860. The van der Waals surface area contributed by atoms with Crippen LogP contribution in [-0.2, 0) is 11.3 Å². The van der Waals surface area contributed by atoms with E-state index in [0.717, 1.165) is 0 Å². The Morgan fingerprint density at radius 2 is 2.25 bits per heavy atom. The van der Waals surface area contributed by atoms with Gasteiger partial charge in [-0.15, -0.1) is 5.10 Å². The summed E-state index contributed by atoms with van der Waals surface area (Å²) in [6.07, 6.45) is 2.02. The number of carboxylic acid groups (broad SMARTS) is 1. The first-order chi connectivity index (χ1) is 9.37. The minimum Gasteiger partial charge on any atom is -0.481 e. The van der Waals surface area contributed by atoms with Gasteiger partial charge in [0, 0.05) is 0 Å². The molecule has 2 heterocycles. The number of nitrogens with one attached hydrogen (secondary N) is 1. The summed E-state index contributed by atoms with van der Waals surface area (Å²) < 4.78 is 1.45. The molecule has 9 nitrogen and oxygen atoms in total. The van der Waals surface area contributed by atoms with Gasteiger partial charge in [-0.25, -0.2) is 4.68 Å². The number of aromatic nitrogens is 7. The summed E-state index contributed by atoms with van der Waals surface area (Å²) in [5, 5.41) is 30.7. The SMILES string of the molecule is CC(C)(C)CC(Cn1nnnc1-c1cn[nH]n1)C(=O)O. The van der Waals surface area contributed by atoms with Gasteiger partial charge in [-0.05, 0) is 22.3 Å². The zero-order valence-electron chi connectivity index (χ0n) is 11.6. The molecule has 0 amide bonds. The summed E-state index contributed by atoms with van der Waals surface area (Å²) in [5.41, 5.74) is 0.389. The van der Waals surface area contributed by atoms with Crippen molar-refractivity contribution in [2.45, 2.75) is 33.7 Å². The van der Waals surface area contributed by atoms with Gasteiger partial charge in [0.05, 0.1) is 18.7 Å². The lowest BCUT2D eigenvalue weighted by Gasteiger charge is -2.23. The first-order valence-electron chi connectivity index (χ1n) is 6.22. The molecule has 108 valence electrons. The van der Waals surface area contributed by atoms with E-state index >= 15 is 0 Å². The molecule has 2 rings (SSSR count). The Balaban J connectivity index is 2.20. The van der Waals surface area contributed by atoms with Crippen LogP contribution in [0.1, 0.15) is 27.2 Å². The van der Waals surface area contributed by atoms with Crippen LogP contribution in [0.5, 0.6) is 0 Å². The molecule has 1 atom stereocenters. The fraction of sp³-hybridized carbons (Fsp3) is 0.636. The summed E-state index contributed by atoms with van der Waals surface area (Å²) >= 11 is 0. The maximum Gasteiger partial charge on any atom is 0.308 e. The predicted octanol–water partition coefficient (Wildman–Crippen LogP) is 0.595. The third kappa shape index (κ3) is 3.37. The summed E-state index contributed by atoms with van der Waals surface area (Å²) in [7, 11) is 0. The number of hydrogen-bond donors (Lipinski definition) is 2. The molecule has 20 heavy (non-hydrogen) atoms. The molecule has 9 heteroatoms. The van der Waals surface area contributed by atoms with Crippen LogP contribution in [0.4, 0.5) is 0 Å². The molecular formula is C11H17N7O2. The highest BCUT2D eigenvalue weighted by molar-refractivity contribution is 5.70. The molecule has 0 aromatic carbocycles. The molecule has 2 N–H and O–H groups in total. The molecular weight excluding hydrogens is 262 g/mol. The van der Waals surface area contributed by atoms with Crippen molar-refractivity contribution in [3.05, 3.63) is 6.20 Å². The highest BCUT2D eigenvalue weighted by atomic mass is 16.4. The van der Waals surface area contributed by atoms with Gasteiger partial charge in [-0.3, -0.25) is 4.79 Å². The van der Waals surface area contributed by atoms with E-state index in [-0.39, 0.29) is 12.0 Å². The molecule has 0 aliphatic rings. The molecule has 2 aromatic heterocycles. The van der Waals surface area contributed by atoms with E-state index in [1.165, 1.54) is 10.9 Å². The van der Waals surface area contributed by atoms with E-state index < -0.39 is 11.9 Å². The van der Waals surface area contributed by atoms with Gasteiger partial charge in [-0.1, -0.05) is 20.8 Å². The van der Waals surface area contributed by atoms with Gasteiger partial charge in [0.25, 0.3) is 0 Å². The van der Waals surface area contributed by atoms with Gasteiger partial charge in [0.15, 0.2) is 5.69 Å². The van der Waals surface area contributed by atoms with Crippen LogP contribution in [0.2, 0.25) is 0 Å². The fourth-order valence-electron chi connectivity index (χ4n) is 2.00. The van der Waals surface area contributed by atoms with Crippen molar-refractivity contribution in [2.75, 3.05) is 0 Å². The molecule has 0 bridgehead atoms. The number of nitrogens with zero attached hydrogens (tertiary/aromatic N) is 6. The molecule has 0 saturated carbocycles. The van der Waals surface area contributed by atoms with Gasteiger partial charge in [0.1, 0.15) is 0 Å². The number of carboxylic acids is 1. The molecule has 1 unspecified atom stereocenters. The lowest BCUT2D eigenvalue weighted by Crippen LogP contribution is -2.26. The smallest absolute Gasteiger partial charge is 0.308 e. The first-order valence-corrected chi connectivity index (χ1v) is 6.22. The van der Waals surface area contributed by atoms with Crippen LogP contribution in [0.25, 0.3) is 11.5 Å². The molecule has 0 aliphatic heterocycles. The number of tetrazole rings is 1. The Morgan fingerprint density at radius 3 is 2.80 bits per heavy atom. The van der Waals surface area contributed by atoms with Gasteiger partial charge >= 0.3 is 5.97 Å². The second-order valence-corrected chi connectivity index (χ2v) is 5.84. The third-order valence-corrected chi connectivity index (χ3v) is 2.78. The van der Waals surface area contributed by atoms with E-state index in [2.05, 4.69) is 30.9 Å². The predicted molar refractivity (Wildman–Crippen MR) is 68.4 cm³/mol. The van der Waals surface area contributed by atoms with Crippen molar-refractivity contribution in [3.63, 3.8) is 0 Å². The number of carbonyl (C=O) groups is 1. The molecule has 0 saturated heterocycles. The summed E-state index contributed by atoms with van der Waals surface area (Å²) in [6, 6.07) is 0. The Labute approximate surface area is 115 Å². The highest BCUT2D eigenvalue weighted by Crippen LogP contribution is 2.26. The van der Waals surface area contributed by atoms with Crippen molar-refractivity contribution >= 4 is 5.97 Å². The van der Waals surface area contributed by atoms with Crippen LogP contribution in [-0.4, -0.2) is 46.7 Å². The Kier molecular flexibility index (Phi) is 3.77. The van der Waals surface area contributed by atoms with Crippen molar-refractivity contribution in [3.8, 4) is 11.5 Å². The van der Waals surface area contributed by atoms with Gasteiger partial charge in [-0.2, -0.15) is 15.4 Å². The largest absolute Gasteiger partial charge is 0.481 e. The standard InChI is InChI=1S/C11H17N7O2/c1-11(2,3)4-7(10(19)20)6-18-9(14-16-17-18)8-5-12-15-13-8/h5,7H,4,6H2,1-3H3,(H,19,20)(H,12,13,15). The zero-order valence-corrected chi connectivity index (χ0v) is 11.6. The van der Waals surface area contributed by atoms with Gasteiger partial charge < -0.3 is 5.11 Å². The van der Waals surface area contributed by atoms with Crippen LogP contribution >= 0.6 is 0 Å². The molecule has 2 aromatic rings. The number of hydrogen-bond acceptors (Lipinski definition) is 6. The van der Waals surface area contributed by atoms with Crippen LogP contribution < -0.4 is 0 Å². The van der Waals surface area contributed by atoms with E-state index in [9.17, 15) is 9.90 Å². The van der Waals surface area contributed by atoms with E-state index in [1.54, 1.807) is 0 Å². The topological polar surface area (TPSA) is 122 Å². The van der Waals surface area contributed by atoms with Crippen molar-refractivity contribution in [2.24, 2.45) is 11.3 Å². The summed E-state index contributed by atoms with van der Waals surface area (Å²) in [5.74, 6) is -1.02. The molecule has 0 aliphatic carbocycles. The zero-order chi connectivity index (χ0) is 14.8. The monoisotopic (exact) mass is 279 g/mol. The quantitative estimate of drug-likeness (QED) is 0.821. The Bertz CT molecular complexity index is 570. The summed E-state index contributed by atoms with van der Waals surface area (Å²) in [4.78, 5) is 11.4. The normalized spacial score (nSPS) is 13.3. The number of rotatable bonds is 5. The second kappa shape index (κ2) is 5.35. The van der Waals surface area contributed by atoms with Crippen LogP contribution in [0, 0.1) is 11.3 Å². The maximum absolute atomic E-state index is 11.4. The molecule has 0 spiro atoms. The first kappa shape index (κ1) is 14.1. The highest BCUT2D eigenvalue weighted by Gasteiger charge is 2.27. The molecule has 0 radical (unpaired) electrons. The van der Waals surface area contributed by atoms with Crippen molar-refractivity contribution in [1.29, 1.82) is 0 Å². The summed E-state index contributed by atoms with van der Waals surface area (Å²) in [6.45, 7) is 6.20. The minimum absolute atomic E-state index is 0.0921. The van der Waals surface area contributed by atoms with Crippen LogP contribution in [0.15, 0.2) is 6.20 Å². The Morgan fingerprint density at radius 1 is 1.50 bits per heavy atom. The average molecular weight is 279 g/mol.